The third kappa shape index (κ3) is 3.79. The number of amides is 1. The van der Waals surface area contributed by atoms with Gasteiger partial charge in [-0.3, -0.25) is 4.79 Å². The molecule has 2 aromatic rings. The molecule has 0 bridgehead atoms. The fraction of sp³-hybridized carbons (Fsp3) is 0.353. The highest BCUT2D eigenvalue weighted by Gasteiger charge is 2.24. The molecular formula is C17H21N5OS. The Morgan fingerprint density at radius 2 is 2.00 bits per heavy atom. The predicted octanol–water partition coefficient (Wildman–Crippen LogP) is 2.32. The van der Waals surface area contributed by atoms with Gasteiger partial charge in [-0.2, -0.15) is 0 Å². The summed E-state index contributed by atoms with van der Waals surface area (Å²) in [4.78, 5) is 20.8. The van der Waals surface area contributed by atoms with E-state index in [9.17, 15) is 4.79 Å². The lowest BCUT2D eigenvalue weighted by Crippen LogP contribution is -2.36. The number of aromatic nitrogens is 2. The van der Waals surface area contributed by atoms with E-state index in [-0.39, 0.29) is 17.2 Å². The largest absolute Gasteiger partial charge is 0.383 e. The molecule has 1 aliphatic carbocycles. The van der Waals surface area contributed by atoms with E-state index in [1.54, 1.807) is 0 Å². The maximum absolute atomic E-state index is 12.5. The number of carbonyl (C=O) groups is 1. The van der Waals surface area contributed by atoms with Crippen LogP contribution in [-0.2, 0) is 11.2 Å². The second-order valence-corrected chi connectivity index (χ2v) is 7.22. The molecule has 1 aromatic carbocycles. The summed E-state index contributed by atoms with van der Waals surface area (Å²) in [6, 6.07) is 9.85. The molecule has 0 saturated carbocycles. The van der Waals surface area contributed by atoms with Crippen LogP contribution in [0.3, 0.4) is 0 Å². The third-order valence-electron chi connectivity index (χ3n) is 4.08. The van der Waals surface area contributed by atoms with Crippen LogP contribution in [-0.4, -0.2) is 21.1 Å². The van der Waals surface area contributed by atoms with E-state index in [1.165, 1.54) is 29.0 Å². The van der Waals surface area contributed by atoms with Crippen molar-refractivity contribution in [1.29, 1.82) is 0 Å². The van der Waals surface area contributed by atoms with Gasteiger partial charge in [0.05, 0.1) is 11.3 Å². The maximum Gasteiger partial charge on any atom is 0.233 e. The molecule has 0 aliphatic heterocycles. The van der Waals surface area contributed by atoms with Crippen LogP contribution >= 0.6 is 11.8 Å². The van der Waals surface area contributed by atoms with E-state index in [2.05, 4.69) is 27.4 Å². The Kier molecular flexibility index (Phi) is 4.89. The highest BCUT2D eigenvalue weighted by Crippen LogP contribution is 2.30. The molecule has 0 radical (unpaired) electrons. The lowest BCUT2D eigenvalue weighted by Gasteiger charge is -2.27. The van der Waals surface area contributed by atoms with E-state index < -0.39 is 0 Å². The highest BCUT2D eigenvalue weighted by molar-refractivity contribution is 8.00. The van der Waals surface area contributed by atoms with Crippen LogP contribution in [0.25, 0.3) is 0 Å². The van der Waals surface area contributed by atoms with E-state index in [0.29, 0.717) is 16.8 Å². The highest BCUT2D eigenvalue weighted by atomic mass is 32.2. The average molecular weight is 343 g/mol. The van der Waals surface area contributed by atoms with E-state index >= 15 is 0 Å². The van der Waals surface area contributed by atoms with Gasteiger partial charge in [-0.1, -0.05) is 36.0 Å². The van der Waals surface area contributed by atoms with Gasteiger partial charge < -0.3 is 16.8 Å². The Morgan fingerprint density at radius 1 is 1.29 bits per heavy atom. The minimum Gasteiger partial charge on any atom is -0.383 e. The first-order valence-electron chi connectivity index (χ1n) is 7.98. The van der Waals surface area contributed by atoms with Crippen molar-refractivity contribution in [3.05, 3.63) is 41.5 Å². The van der Waals surface area contributed by atoms with Gasteiger partial charge in [0.1, 0.15) is 11.6 Å². The van der Waals surface area contributed by atoms with Crippen molar-refractivity contribution in [2.24, 2.45) is 0 Å². The van der Waals surface area contributed by atoms with Gasteiger partial charge >= 0.3 is 0 Å². The van der Waals surface area contributed by atoms with Crippen molar-refractivity contribution in [3.63, 3.8) is 0 Å². The van der Waals surface area contributed by atoms with Crippen molar-refractivity contribution in [1.82, 2.24) is 15.3 Å². The molecule has 1 aromatic heterocycles. The van der Waals surface area contributed by atoms with Gasteiger partial charge in [-0.25, -0.2) is 9.97 Å². The Balaban J connectivity index is 1.67. The van der Waals surface area contributed by atoms with Crippen LogP contribution in [0.5, 0.6) is 0 Å². The number of nitrogens with one attached hydrogen (secondary N) is 1. The molecule has 0 spiro atoms. The molecule has 1 aliphatic rings. The molecule has 0 fully saturated rings. The summed E-state index contributed by atoms with van der Waals surface area (Å²) in [5.41, 5.74) is 13.9. The molecule has 1 heterocycles. The van der Waals surface area contributed by atoms with Crippen LogP contribution in [0.2, 0.25) is 0 Å². The summed E-state index contributed by atoms with van der Waals surface area (Å²) in [7, 11) is 0. The fourth-order valence-corrected chi connectivity index (χ4v) is 3.73. The zero-order valence-corrected chi connectivity index (χ0v) is 14.3. The molecule has 0 saturated heterocycles. The Morgan fingerprint density at radius 3 is 2.75 bits per heavy atom. The van der Waals surface area contributed by atoms with E-state index in [1.807, 2.05) is 19.1 Å². The summed E-state index contributed by atoms with van der Waals surface area (Å²) in [6.07, 6.45) is 3.11. The Bertz CT molecular complexity index is 731. The summed E-state index contributed by atoms with van der Waals surface area (Å²) < 4.78 is 0. The van der Waals surface area contributed by atoms with Crippen molar-refractivity contribution in [3.8, 4) is 0 Å². The molecule has 3 rings (SSSR count). The van der Waals surface area contributed by atoms with Crippen LogP contribution < -0.4 is 16.8 Å². The summed E-state index contributed by atoms with van der Waals surface area (Å²) in [5.74, 6) is 0.573. The number of rotatable bonds is 4. The monoisotopic (exact) mass is 343 g/mol. The zero-order valence-electron chi connectivity index (χ0n) is 13.5. The number of benzene rings is 1. The summed E-state index contributed by atoms with van der Waals surface area (Å²) >= 11 is 1.26. The number of nitrogens with two attached hydrogens (primary N) is 2. The van der Waals surface area contributed by atoms with E-state index in [0.717, 1.165) is 19.3 Å². The van der Waals surface area contributed by atoms with Crippen LogP contribution in [0.15, 0.2) is 35.5 Å². The third-order valence-corrected chi connectivity index (χ3v) is 5.04. The molecule has 0 unspecified atom stereocenters. The average Bonchev–Trinajstić information content (AvgIpc) is 2.54. The molecule has 2 atom stereocenters. The summed E-state index contributed by atoms with van der Waals surface area (Å²) in [5, 5.41) is 3.23. The quantitative estimate of drug-likeness (QED) is 0.581. The van der Waals surface area contributed by atoms with Gasteiger partial charge in [0.2, 0.25) is 5.91 Å². The SMILES string of the molecule is C[C@H](Sc1nc(N)cc(N)n1)C(=O)N[C@@H]1CCCc2ccccc21. The molecule has 24 heavy (non-hydrogen) atoms. The lowest BCUT2D eigenvalue weighted by atomic mass is 9.88. The number of nitrogen functional groups attached to an aromatic ring is 2. The number of nitrogens with zero attached hydrogens (tertiary/aromatic N) is 2. The second kappa shape index (κ2) is 7.09. The maximum atomic E-state index is 12.5. The molecular weight excluding hydrogens is 322 g/mol. The lowest BCUT2D eigenvalue weighted by molar-refractivity contribution is -0.121. The molecule has 7 heteroatoms. The van der Waals surface area contributed by atoms with Crippen LogP contribution in [0.4, 0.5) is 11.6 Å². The minimum absolute atomic E-state index is 0.0358. The number of anilines is 2. The standard InChI is InChI=1S/C17H21N5OS/c1-10(24-17-21-14(18)9-15(19)22-17)16(23)20-13-8-4-6-11-5-2-3-7-12(11)13/h2-3,5,7,9-10,13H,4,6,8H2,1H3,(H,20,23)(H4,18,19,21,22)/t10-,13+/m0/s1. The van der Waals surface area contributed by atoms with E-state index in [4.69, 9.17) is 11.5 Å². The number of carbonyl (C=O) groups excluding carboxylic acids is 1. The number of thioether (sulfide) groups is 1. The first kappa shape index (κ1) is 16.6. The Hall–Kier alpha value is -2.28. The number of hydrogen-bond donors (Lipinski definition) is 3. The van der Waals surface area contributed by atoms with Gasteiger partial charge in [0.25, 0.3) is 0 Å². The molecule has 1 amide bonds. The zero-order chi connectivity index (χ0) is 17.1. The van der Waals surface area contributed by atoms with Gasteiger partial charge in [0.15, 0.2) is 5.16 Å². The predicted molar refractivity (Wildman–Crippen MR) is 96.4 cm³/mol. The first-order valence-corrected chi connectivity index (χ1v) is 8.86. The van der Waals surface area contributed by atoms with Crippen molar-refractivity contribution >= 4 is 29.3 Å². The van der Waals surface area contributed by atoms with Crippen LogP contribution in [0, 0.1) is 0 Å². The number of hydrogen-bond acceptors (Lipinski definition) is 6. The normalized spacial score (nSPS) is 17.8. The molecule has 6 nitrogen and oxygen atoms in total. The smallest absolute Gasteiger partial charge is 0.233 e. The number of aryl methyl sites for hydroxylation is 1. The van der Waals surface area contributed by atoms with Crippen molar-refractivity contribution in [2.75, 3.05) is 11.5 Å². The number of fused-ring (bicyclic) bond motifs is 1. The molecule has 5 N–H and O–H groups in total. The summed E-state index contributed by atoms with van der Waals surface area (Å²) in [6.45, 7) is 1.83. The second-order valence-electron chi connectivity index (χ2n) is 5.91. The topological polar surface area (TPSA) is 107 Å². The fourth-order valence-electron chi connectivity index (χ4n) is 2.92. The van der Waals surface area contributed by atoms with Gasteiger partial charge in [-0.15, -0.1) is 0 Å². The van der Waals surface area contributed by atoms with Crippen molar-refractivity contribution < 1.29 is 4.79 Å². The van der Waals surface area contributed by atoms with Crippen LogP contribution in [0.1, 0.15) is 36.9 Å². The van der Waals surface area contributed by atoms with Gasteiger partial charge in [0, 0.05) is 6.07 Å². The Labute approximate surface area is 145 Å². The molecule has 126 valence electrons. The minimum atomic E-state index is -0.333. The first-order chi connectivity index (χ1) is 11.5. The van der Waals surface area contributed by atoms with Gasteiger partial charge in [-0.05, 0) is 37.3 Å². The van der Waals surface area contributed by atoms with Crippen molar-refractivity contribution in [2.45, 2.75) is 42.6 Å².